The molecular formula is C22H19BrClNO4S. The molecule has 0 aromatic heterocycles. The molecule has 3 rings (SSSR count). The van der Waals surface area contributed by atoms with E-state index in [1.165, 1.54) is 19.2 Å². The van der Waals surface area contributed by atoms with Crippen LogP contribution in [0.3, 0.4) is 0 Å². The van der Waals surface area contributed by atoms with Gasteiger partial charge in [-0.1, -0.05) is 35.4 Å². The van der Waals surface area contributed by atoms with Crippen molar-refractivity contribution in [3.05, 3.63) is 80.8 Å². The van der Waals surface area contributed by atoms with Crippen LogP contribution in [0.25, 0.3) is 0 Å². The number of nitrogens with zero attached hydrogens (tertiary/aromatic N) is 1. The number of halogens is 2. The molecule has 0 aliphatic rings. The number of benzene rings is 3. The summed E-state index contributed by atoms with van der Waals surface area (Å²) in [6, 6.07) is 15.3. The SMILES string of the molecule is COc1cc(C=Nc2ccc(C)c(Cl)c2)cc(Br)c1OS(=O)(=O)c1ccc(C)cc1. The maximum Gasteiger partial charge on any atom is 0.339 e. The lowest BCUT2D eigenvalue weighted by Gasteiger charge is -2.13. The molecular weight excluding hydrogens is 490 g/mol. The molecule has 0 saturated carbocycles. The number of rotatable bonds is 6. The molecule has 0 bridgehead atoms. The lowest BCUT2D eigenvalue weighted by atomic mass is 10.2. The van der Waals surface area contributed by atoms with E-state index in [9.17, 15) is 8.42 Å². The van der Waals surface area contributed by atoms with Gasteiger partial charge in [-0.15, -0.1) is 0 Å². The molecule has 0 amide bonds. The Morgan fingerprint density at radius 1 is 1.03 bits per heavy atom. The highest BCUT2D eigenvalue weighted by Crippen LogP contribution is 2.38. The van der Waals surface area contributed by atoms with Gasteiger partial charge in [0.05, 0.1) is 17.3 Å². The van der Waals surface area contributed by atoms with E-state index in [1.807, 2.05) is 26.0 Å². The van der Waals surface area contributed by atoms with E-state index in [-0.39, 0.29) is 16.4 Å². The summed E-state index contributed by atoms with van der Waals surface area (Å²) < 4.78 is 36.4. The highest BCUT2D eigenvalue weighted by molar-refractivity contribution is 9.10. The van der Waals surface area contributed by atoms with Crippen LogP contribution in [0.5, 0.6) is 11.5 Å². The van der Waals surface area contributed by atoms with Crippen LogP contribution in [-0.2, 0) is 10.1 Å². The second-order valence-corrected chi connectivity index (χ2v) is 9.38. The van der Waals surface area contributed by atoms with E-state index < -0.39 is 10.1 Å². The van der Waals surface area contributed by atoms with Crippen LogP contribution in [0.2, 0.25) is 5.02 Å². The fourth-order valence-electron chi connectivity index (χ4n) is 2.57. The van der Waals surface area contributed by atoms with Crippen LogP contribution < -0.4 is 8.92 Å². The molecule has 0 aliphatic heterocycles. The summed E-state index contributed by atoms with van der Waals surface area (Å²) in [5, 5.41) is 0.633. The first-order valence-electron chi connectivity index (χ1n) is 8.88. The van der Waals surface area contributed by atoms with Gasteiger partial charge in [0, 0.05) is 11.2 Å². The van der Waals surface area contributed by atoms with Crippen molar-refractivity contribution in [3.63, 3.8) is 0 Å². The maximum absolute atomic E-state index is 12.7. The Kier molecular flexibility index (Phi) is 6.85. The Balaban J connectivity index is 1.91. The fraction of sp³-hybridized carbons (Fsp3) is 0.136. The van der Waals surface area contributed by atoms with Gasteiger partial charge in [0.1, 0.15) is 4.90 Å². The largest absolute Gasteiger partial charge is 0.493 e. The number of hydrogen-bond donors (Lipinski definition) is 0. The van der Waals surface area contributed by atoms with Gasteiger partial charge in [-0.25, -0.2) is 0 Å². The Bertz CT molecular complexity index is 1210. The first-order chi connectivity index (χ1) is 14.2. The summed E-state index contributed by atoms with van der Waals surface area (Å²) >= 11 is 9.51. The van der Waals surface area contributed by atoms with E-state index in [2.05, 4.69) is 20.9 Å². The van der Waals surface area contributed by atoms with E-state index >= 15 is 0 Å². The second kappa shape index (κ2) is 9.20. The second-order valence-electron chi connectivity index (χ2n) is 6.58. The average Bonchev–Trinajstić information content (AvgIpc) is 2.70. The molecule has 156 valence electrons. The highest BCUT2D eigenvalue weighted by atomic mass is 79.9. The Morgan fingerprint density at radius 3 is 2.37 bits per heavy atom. The first kappa shape index (κ1) is 22.3. The van der Waals surface area contributed by atoms with Gasteiger partial charge in [-0.3, -0.25) is 4.99 Å². The van der Waals surface area contributed by atoms with E-state index in [1.54, 1.807) is 36.5 Å². The number of aliphatic imine (C=N–C) groups is 1. The molecule has 30 heavy (non-hydrogen) atoms. The average molecular weight is 509 g/mol. The molecule has 0 atom stereocenters. The third kappa shape index (κ3) is 5.22. The predicted octanol–water partition coefficient (Wildman–Crippen LogP) is 6.25. The Hall–Kier alpha value is -2.35. The van der Waals surface area contributed by atoms with Gasteiger partial charge in [-0.2, -0.15) is 8.42 Å². The molecule has 0 N–H and O–H groups in total. The van der Waals surface area contributed by atoms with Crippen molar-refractivity contribution >= 4 is 49.6 Å². The molecule has 3 aromatic rings. The van der Waals surface area contributed by atoms with Gasteiger partial charge < -0.3 is 8.92 Å². The fourth-order valence-corrected chi connectivity index (χ4v) is 4.35. The summed E-state index contributed by atoms with van der Waals surface area (Å²) in [5.74, 6) is 0.317. The third-order valence-electron chi connectivity index (χ3n) is 4.27. The van der Waals surface area contributed by atoms with Gasteiger partial charge in [0.15, 0.2) is 11.5 Å². The van der Waals surface area contributed by atoms with Crippen LogP contribution in [-0.4, -0.2) is 21.7 Å². The molecule has 0 saturated heterocycles. The topological polar surface area (TPSA) is 65.0 Å². The minimum Gasteiger partial charge on any atom is -0.493 e. The zero-order valence-corrected chi connectivity index (χ0v) is 19.7. The van der Waals surface area contributed by atoms with Gasteiger partial charge in [0.2, 0.25) is 0 Å². The van der Waals surface area contributed by atoms with Crippen molar-refractivity contribution in [2.45, 2.75) is 18.7 Å². The molecule has 0 radical (unpaired) electrons. The number of methoxy groups -OCH3 is 1. The van der Waals surface area contributed by atoms with Crippen molar-refractivity contribution in [3.8, 4) is 11.5 Å². The van der Waals surface area contributed by atoms with Crippen LogP contribution in [0.4, 0.5) is 5.69 Å². The first-order valence-corrected chi connectivity index (χ1v) is 11.5. The van der Waals surface area contributed by atoms with E-state index in [4.69, 9.17) is 20.5 Å². The summed E-state index contributed by atoms with van der Waals surface area (Å²) in [7, 11) is -2.58. The monoisotopic (exact) mass is 507 g/mol. The van der Waals surface area contributed by atoms with E-state index in [0.29, 0.717) is 20.7 Å². The summed E-state index contributed by atoms with van der Waals surface area (Å²) in [6.45, 7) is 3.79. The van der Waals surface area contributed by atoms with Gasteiger partial charge in [-0.05, 0) is 77.3 Å². The summed E-state index contributed by atoms with van der Waals surface area (Å²) in [5.41, 5.74) is 3.31. The molecule has 3 aromatic carbocycles. The number of ether oxygens (including phenoxy) is 1. The van der Waals surface area contributed by atoms with Crippen molar-refractivity contribution in [2.75, 3.05) is 7.11 Å². The normalized spacial score (nSPS) is 11.6. The predicted molar refractivity (Wildman–Crippen MR) is 123 cm³/mol. The Labute approximate surface area is 189 Å². The Morgan fingerprint density at radius 2 is 1.73 bits per heavy atom. The molecule has 0 aliphatic carbocycles. The van der Waals surface area contributed by atoms with Crippen LogP contribution in [0.15, 0.2) is 69.0 Å². The van der Waals surface area contributed by atoms with Gasteiger partial charge in [0.25, 0.3) is 0 Å². The smallest absolute Gasteiger partial charge is 0.339 e. The minimum absolute atomic E-state index is 0.0592. The van der Waals surface area contributed by atoms with Crippen molar-refractivity contribution < 1.29 is 17.3 Å². The van der Waals surface area contributed by atoms with Crippen LogP contribution in [0.1, 0.15) is 16.7 Å². The number of hydrogen-bond acceptors (Lipinski definition) is 5. The molecule has 0 fully saturated rings. The van der Waals surface area contributed by atoms with Crippen molar-refractivity contribution in [1.29, 1.82) is 0 Å². The van der Waals surface area contributed by atoms with Crippen LogP contribution in [0, 0.1) is 13.8 Å². The standard InChI is InChI=1S/C22H19BrClNO4S/c1-14-4-8-18(9-5-14)30(26,27)29-22-19(23)10-16(11-21(22)28-3)13-25-17-7-6-15(2)20(24)12-17/h4-13H,1-3H3. The lowest BCUT2D eigenvalue weighted by Crippen LogP contribution is -2.11. The summed E-state index contributed by atoms with van der Waals surface area (Å²) in [4.78, 5) is 4.47. The lowest BCUT2D eigenvalue weighted by molar-refractivity contribution is 0.389. The molecule has 8 heteroatoms. The zero-order valence-electron chi connectivity index (χ0n) is 16.5. The minimum atomic E-state index is -4.02. The molecule has 0 unspecified atom stereocenters. The third-order valence-corrected chi connectivity index (χ3v) is 6.50. The molecule has 5 nitrogen and oxygen atoms in total. The zero-order chi connectivity index (χ0) is 21.9. The highest BCUT2D eigenvalue weighted by Gasteiger charge is 2.21. The molecule has 0 heterocycles. The van der Waals surface area contributed by atoms with Gasteiger partial charge >= 0.3 is 10.1 Å². The maximum atomic E-state index is 12.7. The quantitative estimate of drug-likeness (QED) is 0.292. The number of aryl methyl sites for hydroxylation is 2. The summed E-state index contributed by atoms with van der Waals surface area (Å²) in [6.07, 6.45) is 1.63. The van der Waals surface area contributed by atoms with E-state index in [0.717, 1.165) is 11.1 Å². The van der Waals surface area contributed by atoms with Crippen molar-refractivity contribution in [2.24, 2.45) is 4.99 Å². The molecule has 0 spiro atoms. The van der Waals surface area contributed by atoms with Crippen molar-refractivity contribution in [1.82, 2.24) is 0 Å². The van der Waals surface area contributed by atoms with Crippen LogP contribution >= 0.6 is 27.5 Å².